The van der Waals surface area contributed by atoms with E-state index in [1.54, 1.807) is 18.0 Å². The summed E-state index contributed by atoms with van der Waals surface area (Å²) in [6, 6.07) is 0. The zero-order chi connectivity index (χ0) is 10.3. The zero-order valence-corrected chi connectivity index (χ0v) is 10.4. The third kappa shape index (κ3) is 4.87. The van der Waals surface area contributed by atoms with Gasteiger partial charge in [0.25, 0.3) is 0 Å². The minimum Gasteiger partial charge on any atom is -0.259 e. The Morgan fingerprint density at radius 1 is 1.62 bits per heavy atom. The summed E-state index contributed by atoms with van der Waals surface area (Å²) >= 11 is 1.69. The Bertz CT molecular complexity index is 168. The van der Waals surface area contributed by atoms with Gasteiger partial charge in [-0.25, -0.2) is 0 Å². The second-order valence-electron chi connectivity index (χ2n) is 3.14. The molecule has 0 bridgehead atoms. The Morgan fingerprint density at radius 2 is 2.23 bits per heavy atom. The van der Waals surface area contributed by atoms with E-state index in [0.29, 0.717) is 5.92 Å². The zero-order valence-electron chi connectivity index (χ0n) is 8.79. The molecule has 0 fully saturated rings. The van der Waals surface area contributed by atoms with Crippen LogP contribution >= 0.6 is 11.8 Å². The topological polar surface area (TPSA) is 17.1 Å². The normalized spacial score (nSPS) is 17.8. The maximum absolute atomic E-state index is 11.4. The van der Waals surface area contributed by atoms with E-state index in [9.17, 15) is 4.21 Å². The van der Waals surface area contributed by atoms with Crippen molar-refractivity contribution in [2.45, 2.75) is 30.8 Å². The Kier molecular flexibility index (Phi) is 7.77. The van der Waals surface area contributed by atoms with Gasteiger partial charge < -0.3 is 0 Å². The molecule has 0 rings (SSSR count). The first kappa shape index (κ1) is 13.2. The van der Waals surface area contributed by atoms with Crippen LogP contribution in [-0.2, 0) is 10.8 Å². The third-order valence-electron chi connectivity index (χ3n) is 2.10. The van der Waals surface area contributed by atoms with Crippen LogP contribution in [0.4, 0.5) is 0 Å². The molecule has 0 spiro atoms. The van der Waals surface area contributed by atoms with Gasteiger partial charge in [0.2, 0.25) is 0 Å². The first-order valence-electron chi connectivity index (χ1n) is 4.64. The van der Waals surface area contributed by atoms with E-state index in [-0.39, 0.29) is 4.58 Å². The number of thioether (sulfide) groups is 1. The van der Waals surface area contributed by atoms with Gasteiger partial charge in [0, 0.05) is 23.0 Å². The van der Waals surface area contributed by atoms with Crippen LogP contribution < -0.4 is 0 Å². The Balaban J connectivity index is 4.16. The molecule has 0 aliphatic carbocycles. The average molecular weight is 220 g/mol. The van der Waals surface area contributed by atoms with Gasteiger partial charge in [0.15, 0.2) is 0 Å². The van der Waals surface area contributed by atoms with Gasteiger partial charge >= 0.3 is 0 Å². The van der Waals surface area contributed by atoms with Crippen molar-refractivity contribution in [3.05, 3.63) is 12.7 Å². The highest BCUT2D eigenvalue weighted by molar-refractivity contribution is 8.10. The molecule has 0 saturated carbocycles. The predicted octanol–water partition coefficient (Wildman–Crippen LogP) is 3.05. The smallest absolute Gasteiger partial charge is 0.0857 e. The summed E-state index contributed by atoms with van der Waals surface area (Å²) in [5, 5.41) is 0. The van der Waals surface area contributed by atoms with Crippen molar-refractivity contribution in [2.75, 3.05) is 12.5 Å². The Labute approximate surface area is 88.8 Å². The highest BCUT2D eigenvalue weighted by Crippen LogP contribution is 2.25. The summed E-state index contributed by atoms with van der Waals surface area (Å²) in [5.74, 6) is 0.404. The lowest BCUT2D eigenvalue weighted by Crippen LogP contribution is -2.19. The fourth-order valence-electron chi connectivity index (χ4n) is 1.36. The quantitative estimate of drug-likeness (QED) is 0.613. The van der Waals surface area contributed by atoms with Gasteiger partial charge in [-0.3, -0.25) is 4.21 Å². The van der Waals surface area contributed by atoms with Crippen LogP contribution in [0.3, 0.4) is 0 Å². The Morgan fingerprint density at radius 3 is 2.54 bits per heavy atom. The van der Waals surface area contributed by atoms with Crippen molar-refractivity contribution >= 4 is 22.6 Å². The number of hydrogen-bond acceptors (Lipinski definition) is 2. The molecule has 1 nitrogen and oxygen atoms in total. The fourth-order valence-corrected chi connectivity index (χ4v) is 3.78. The lowest BCUT2D eigenvalue weighted by molar-refractivity contribution is 0.582. The fraction of sp³-hybridized carbons (Fsp3) is 0.800. The summed E-state index contributed by atoms with van der Waals surface area (Å²) in [4.78, 5) is 0. The van der Waals surface area contributed by atoms with E-state index in [0.717, 1.165) is 6.42 Å². The van der Waals surface area contributed by atoms with Gasteiger partial charge in [-0.1, -0.05) is 25.8 Å². The molecule has 3 unspecified atom stereocenters. The van der Waals surface area contributed by atoms with Crippen LogP contribution in [0.2, 0.25) is 0 Å². The third-order valence-corrected chi connectivity index (χ3v) is 5.31. The standard InChI is InChI=1S/C10H20OS2/c1-5-7-8-9(6-2)10(12-3)13(4)11/h6,9-10H,2,5,7-8H2,1,3-4H3. The lowest BCUT2D eigenvalue weighted by atomic mass is 10.0. The van der Waals surface area contributed by atoms with Crippen LogP contribution in [0.1, 0.15) is 26.2 Å². The second kappa shape index (κ2) is 7.63. The highest BCUT2D eigenvalue weighted by Gasteiger charge is 2.20. The molecule has 0 aromatic rings. The lowest BCUT2D eigenvalue weighted by Gasteiger charge is -2.20. The van der Waals surface area contributed by atoms with Crippen LogP contribution in [0.15, 0.2) is 12.7 Å². The molecule has 0 heterocycles. The largest absolute Gasteiger partial charge is 0.259 e. The van der Waals surface area contributed by atoms with Crippen molar-refractivity contribution in [1.82, 2.24) is 0 Å². The monoisotopic (exact) mass is 220 g/mol. The minimum atomic E-state index is -0.745. The number of allylic oxidation sites excluding steroid dienone is 1. The van der Waals surface area contributed by atoms with Gasteiger partial charge in [0.1, 0.15) is 0 Å². The molecule has 0 radical (unpaired) electrons. The average Bonchev–Trinajstić information content (AvgIpc) is 2.11. The summed E-state index contributed by atoms with van der Waals surface area (Å²) in [6.07, 6.45) is 9.27. The summed E-state index contributed by atoms with van der Waals surface area (Å²) in [5.41, 5.74) is 0. The van der Waals surface area contributed by atoms with E-state index in [4.69, 9.17) is 0 Å². The molecule has 0 N–H and O–H groups in total. The molecule has 0 aliphatic heterocycles. The van der Waals surface area contributed by atoms with E-state index in [1.807, 2.05) is 12.3 Å². The molecule has 0 aromatic heterocycles. The van der Waals surface area contributed by atoms with Crippen LogP contribution in [0.5, 0.6) is 0 Å². The number of hydrogen-bond donors (Lipinski definition) is 0. The molecule has 13 heavy (non-hydrogen) atoms. The number of unbranched alkanes of at least 4 members (excludes halogenated alkanes) is 1. The molecule has 3 heteroatoms. The summed E-state index contributed by atoms with van der Waals surface area (Å²) < 4.78 is 11.6. The van der Waals surface area contributed by atoms with E-state index >= 15 is 0 Å². The van der Waals surface area contributed by atoms with Crippen LogP contribution in [0.25, 0.3) is 0 Å². The van der Waals surface area contributed by atoms with E-state index in [1.165, 1.54) is 12.8 Å². The number of rotatable bonds is 7. The van der Waals surface area contributed by atoms with Crippen molar-refractivity contribution in [1.29, 1.82) is 0 Å². The van der Waals surface area contributed by atoms with Crippen molar-refractivity contribution in [3.8, 4) is 0 Å². The second-order valence-corrected chi connectivity index (χ2v) is 5.93. The molecule has 78 valence electrons. The minimum absolute atomic E-state index is 0.226. The van der Waals surface area contributed by atoms with Crippen LogP contribution in [-0.4, -0.2) is 21.3 Å². The maximum Gasteiger partial charge on any atom is 0.0857 e. The van der Waals surface area contributed by atoms with Gasteiger partial charge in [0.05, 0.1) is 4.58 Å². The molecule has 0 amide bonds. The van der Waals surface area contributed by atoms with E-state index in [2.05, 4.69) is 13.5 Å². The van der Waals surface area contributed by atoms with Crippen molar-refractivity contribution in [2.24, 2.45) is 5.92 Å². The van der Waals surface area contributed by atoms with Crippen LogP contribution in [0, 0.1) is 5.92 Å². The molecular formula is C10H20OS2. The van der Waals surface area contributed by atoms with E-state index < -0.39 is 10.8 Å². The molecule has 3 atom stereocenters. The van der Waals surface area contributed by atoms with Gasteiger partial charge in [-0.05, 0) is 12.7 Å². The predicted molar refractivity (Wildman–Crippen MR) is 64.6 cm³/mol. The summed E-state index contributed by atoms with van der Waals surface area (Å²) in [7, 11) is -0.745. The highest BCUT2D eigenvalue weighted by atomic mass is 32.2. The molecule has 0 saturated heterocycles. The van der Waals surface area contributed by atoms with Crippen molar-refractivity contribution < 1.29 is 4.21 Å². The van der Waals surface area contributed by atoms with Gasteiger partial charge in [-0.2, -0.15) is 0 Å². The summed E-state index contributed by atoms with van der Waals surface area (Å²) in [6.45, 7) is 6.00. The van der Waals surface area contributed by atoms with Crippen molar-refractivity contribution in [3.63, 3.8) is 0 Å². The molecule has 0 aromatic carbocycles. The SMILES string of the molecule is C=CC(CCCC)C(SC)S(C)=O. The molecule has 0 aliphatic rings. The molecular weight excluding hydrogens is 200 g/mol. The first-order valence-corrected chi connectivity index (χ1v) is 7.55. The Hall–Kier alpha value is 0.240. The van der Waals surface area contributed by atoms with Gasteiger partial charge in [-0.15, -0.1) is 18.3 Å². The maximum atomic E-state index is 11.4. The first-order chi connectivity index (χ1) is 6.17.